The van der Waals surface area contributed by atoms with Crippen LogP contribution in [-0.4, -0.2) is 17.3 Å². The van der Waals surface area contributed by atoms with Gasteiger partial charge in [-0.3, -0.25) is 4.98 Å². The Bertz CT molecular complexity index is 1320. The minimum absolute atomic E-state index is 0.0205. The van der Waals surface area contributed by atoms with Crippen molar-refractivity contribution in [2.24, 2.45) is 0 Å². The van der Waals surface area contributed by atoms with Crippen LogP contribution in [0.25, 0.3) is 11.1 Å². The molecule has 0 fully saturated rings. The molecule has 0 bridgehead atoms. The molecule has 1 N–H and O–H groups in total. The molecule has 3 nitrogen and oxygen atoms in total. The fourth-order valence-electron chi connectivity index (χ4n) is 4.75. The first kappa shape index (κ1) is 25.3. The van der Waals surface area contributed by atoms with E-state index in [1.54, 1.807) is 25.3 Å². The van der Waals surface area contributed by atoms with Gasteiger partial charge in [0.25, 0.3) is 0 Å². The first-order valence-corrected chi connectivity index (χ1v) is 12.3. The van der Waals surface area contributed by atoms with E-state index < -0.39 is 6.61 Å². The van der Waals surface area contributed by atoms with Crippen LogP contribution in [0.2, 0.25) is 0 Å². The number of unbranched alkanes of at least 4 members (excludes halogenated alkanes) is 1. The normalized spacial score (nSPS) is 17.2. The average Bonchev–Trinajstić information content (AvgIpc) is 2.99. The summed E-state index contributed by atoms with van der Waals surface area (Å²) in [4.78, 5) is 4.74. The Labute approximate surface area is 211 Å². The molecule has 0 radical (unpaired) electrons. The lowest BCUT2D eigenvalue weighted by atomic mass is 9.79. The predicted molar refractivity (Wildman–Crippen MR) is 142 cm³/mol. The number of rotatable bonds is 6. The predicted octanol–water partition coefficient (Wildman–Crippen LogP) is 8.08. The highest BCUT2D eigenvalue weighted by Gasteiger charge is 2.31. The third-order valence-electron chi connectivity index (χ3n) is 6.66. The van der Waals surface area contributed by atoms with E-state index in [0.29, 0.717) is 12.1 Å². The molecule has 2 unspecified atom stereocenters. The second kappa shape index (κ2) is 11.3. The minimum Gasteiger partial charge on any atom is -0.435 e. The fraction of sp³-hybridized carbons (Fsp3) is 0.290. The number of halogens is 2. The highest BCUT2D eigenvalue weighted by atomic mass is 19.3. The van der Waals surface area contributed by atoms with Gasteiger partial charge in [-0.25, -0.2) is 0 Å². The number of allylic oxidation sites excluding steroid dienone is 2. The highest BCUT2D eigenvalue weighted by Crippen LogP contribution is 2.48. The second-order valence-electron chi connectivity index (χ2n) is 9.10. The standard InChI is InChI=1S/C31H30F2N2O/c1-4-5-7-12-25-26-15-14-24(36-31(32)33)17-28(26)20(2)27(22-10-8-6-9-11-22)18-29(25)30-16-13-23(19-35-30)21(3)34/h6,8-11,13-17,19-20,27,31,34H,4-5,18H2,1-3H3. The maximum absolute atomic E-state index is 13.0. The van der Waals surface area contributed by atoms with E-state index in [1.807, 2.05) is 36.4 Å². The zero-order chi connectivity index (χ0) is 25.7. The number of nitrogens with zero attached hydrogens (tertiary/aromatic N) is 1. The average molecular weight is 485 g/mol. The van der Waals surface area contributed by atoms with Crippen LogP contribution in [0.5, 0.6) is 5.75 Å². The molecule has 5 heteroatoms. The van der Waals surface area contributed by atoms with Crippen molar-refractivity contribution >= 4 is 16.9 Å². The van der Waals surface area contributed by atoms with Crippen molar-refractivity contribution in [1.82, 2.24) is 4.98 Å². The fourth-order valence-corrected chi connectivity index (χ4v) is 4.75. The Morgan fingerprint density at radius 2 is 1.92 bits per heavy atom. The Hall–Kier alpha value is -3.78. The first-order chi connectivity index (χ1) is 17.4. The molecule has 1 heterocycles. The maximum Gasteiger partial charge on any atom is 0.387 e. The SMILES string of the molecule is CCCC#CC1=C(c2ccc(C(C)=N)cn2)CC(c2ccccc2)C(C)c2cc(OC(F)F)ccc21. The second-order valence-corrected chi connectivity index (χ2v) is 9.10. The number of fused-ring (bicyclic) bond motifs is 1. The molecule has 0 saturated heterocycles. The molecule has 0 amide bonds. The number of hydrogen-bond acceptors (Lipinski definition) is 3. The summed E-state index contributed by atoms with van der Waals surface area (Å²) in [5.41, 5.74) is 6.97. The monoisotopic (exact) mass is 484 g/mol. The van der Waals surface area contributed by atoms with E-state index >= 15 is 0 Å². The summed E-state index contributed by atoms with van der Waals surface area (Å²) in [7, 11) is 0. The summed E-state index contributed by atoms with van der Waals surface area (Å²) in [6.07, 6.45) is 4.12. The van der Waals surface area contributed by atoms with Crippen LogP contribution < -0.4 is 4.74 Å². The molecule has 3 aromatic rings. The number of nitrogens with one attached hydrogen (secondary N) is 1. The van der Waals surface area contributed by atoms with Gasteiger partial charge in [-0.2, -0.15) is 8.78 Å². The molecule has 0 aliphatic heterocycles. The topological polar surface area (TPSA) is 46.0 Å². The maximum atomic E-state index is 13.0. The molecule has 1 aliphatic carbocycles. The van der Waals surface area contributed by atoms with Gasteiger partial charge in [-0.15, -0.1) is 0 Å². The van der Waals surface area contributed by atoms with Gasteiger partial charge < -0.3 is 10.1 Å². The molecule has 2 aromatic carbocycles. The van der Waals surface area contributed by atoms with Crippen molar-refractivity contribution in [3.05, 3.63) is 94.8 Å². The molecule has 184 valence electrons. The molecule has 36 heavy (non-hydrogen) atoms. The van der Waals surface area contributed by atoms with Gasteiger partial charge in [0.1, 0.15) is 5.75 Å². The van der Waals surface area contributed by atoms with E-state index in [0.717, 1.165) is 46.4 Å². The number of pyridine rings is 1. The van der Waals surface area contributed by atoms with Gasteiger partial charge in [-0.1, -0.05) is 56.0 Å². The quantitative estimate of drug-likeness (QED) is 0.284. The van der Waals surface area contributed by atoms with Crippen molar-refractivity contribution in [1.29, 1.82) is 5.41 Å². The number of hydrogen-bond donors (Lipinski definition) is 1. The minimum atomic E-state index is -2.89. The summed E-state index contributed by atoms with van der Waals surface area (Å²) < 4.78 is 30.9. The van der Waals surface area contributed by atoms with Crippen LogP contribution in [-0.2, 0) is 0 Å². The third-order valence-corrected chi connectivity index (χ3v) is 6.66. The van der Waals surface area contributed by atoms with Gasteiger partial charge >= 0.3 is 6.61 Å². The largest absolute Gasteiger partial charge is 0.435 e. The number of alkyl halides is 2. The lowest BCUT2D eigenvalue weighted by Crippen LogP contribution is -2.10. The molecular weight excluding hydrogens is 454 g/mol. The lowest BCUT2D eigenvalue weighted by molar-refractivity contribution is -0.0499. The van der Waals surface area contributed by atoms with Crippen LogP contribution in [0.3, 0.4) is 0 Å². The number of ether oxygens (including phenoxy) is 1. The molecule has 0 spiro atoms. The Balaban J connectivity index is 1.97. The van der Waals surface area contributed by atoms with E-state index in [2.05, 4.69) is 37.8 Å². The first-order valence-electron chi connectivity index (χ1n) is 12.3. The van der Waals surface area contributed by atoms with E-state index in [9.17, 15) is 8.78 Å². The molecule has 1 aromatic heterocycles. The van der Waals surface area contributed by atoms with Gasteiger partial charge in [-0.05, 0) is 84.2 Å². The molecule has 4 rings (SSSR count). The molecule has 0 saturated carbocycles. The van der Waals surface area contributed by atoms with Crippen LogP contribution in [0, 0.1) is 17.3 Å². The zero-order valence-electron chi connectivity index (χ0n) is 20.8. The van der Waals surface area contributed by atoms with Crippen molar-refractivity contribution < 1.29 is 13.5 Å². The number of aromatic nitrogens is 1. The van der Waals surface area contributed by atoms with Gasteiger partial charge in [0.15, 0.2) is 0 Å². The van der Waals surface area contributed by atoms with Crippen LogP contribution in [0.4, 0.5) is 8.78 Å². The summed E-state index contributed by atoms with van der Waals surface area (Å²) in [5, 5.41) is 7.93. The van der Waals surface area contributed by atoms with Crippen LogP contribution in [0.15, 0.2) is 66.9 Å². The van der Waals surface area contributed by atoms with Crippen molar-refractivity contribution in [2.45, 2.75) is 58.5 Å². The summed E-state index contributed by atoms with van der Waals surface area (Å²) in [6.45, 7) is 3.08. The summed E-state index contributed by atoms with van der Waals surface area (Å²) in [6, 6.07) is 19.3. The number of benzene rings is 2. The van der Waals surface area contributed by atoms with Gasteiger partial charge in [0, 0.05) is 29.5 Å². The van der Waals surface area contributed by atoms with Gasteiger partial charge in [0.05, 0.1) is 5.69 Å². The Morgan fingerprint density at radius 3 is 2.56 bits per heavy atom. The Kier molecular flexibility index (Phi) is 7.95. The lowest BCUT2D eigenvalue weighted by Gasteiger charge is -2.25. The van der Waals surface area contributed by atoms with Gasteiger partial charge in [0.2, 0.25) is 0 Å². The van der Waals surface area contributed by atoms with Crippen molar-refractivity contribution in [3.63, 3.8) is 0 Å². The molecule has 1 aliphatic rings. The summed E-state index contributed by atoms with van der Waals surface area (Å²) in [5.74, 6) is 6.96. The van der Waals surface area contributed by atoms with Crippen molar-refractivity contribution in [2.75, 3.05) is 0 Å². The molecule has 2 atom stereocenters. The Morgan fingerprint density at radius 1 is 1.14 bits per heavy atom. The zero-order valence-corrected chi connectivity index (χ0v) is 20.8. The smallest absolute Gasteiger partial charge is 0.387 e. The summed E-state index contributed by atoms with van der Waals surface area (Å²) >= 11 is 0. The van der Waals surface area contributed by atoms with Crippen LogP contribution >= 0.6 is 0 Å². The van der Waals surface area contributed by atoms with E-state index in [4.69, 9.17) is 15.1 Å². The van der Waals surface area contributed by atoms with Crippen LogP contribution in [0.1, 0.15) is 79.8 Å². The molecular formula is C31H30F2N2O. The van der Waals surface area contributed by atoms with Crippen molar-refractivity contribution in [3.8, 4) is 17.6 Å². The van der Waals surface area contributed by atoms with E-state index in [-0.39, 0.29) is 17.6 Å². The highest BCUT2D eigenvalue weighted by molar-refractivity contribution is 6.00. The van der Waals surface area contributed by atoms with E-state index in [1.165, 1.54) is 5.56 Å². The third kappa shape index (κ3) is 5.54.